The van der Waals surface area contributed by atoms with Crippen molar-refractivity contribution in [3.63, 3.8) is 0 Å². The van der Waals surface area contributed by atoms with Crippen LogP contribution < -0.4 is 9.46 Å². The lowest BCUT2D eigenvalue weighted by molar-refractivity contribution is -0.0323. The zero-order chi connectivity index (χ0) is 24.0. The normalized spacial score (nSPS) is 17.3. The van der Waals surface area contributed by atoms with Gasteiger partial charge in [-0.3, -0.25) is 4.98 Å². The first kappa shape index (κ1) is 24.9. The predicted molar refractivity (Wildman–Crippen MR) is 122 cm³/mol. The first-order valence-electron chi connectivity index (χ1n) is 10.5. The third kappa shape index (κ3) is 6.39. The minimum absolute atomic E-state index is 0.119. The van der Waals surface area contributed by atoms with Crippen molar-refractivity contribution in [3.05, 3.63) is 77.9 Å². The highest BCUT2D eigenvalue weighted by Crippen LogP contribution is 2.41. The maximum absolute atomic E-state index is 13.8. The second-order valence-corrected chi connectivity index (χ2v) is 8.00. The van der Waals surface area contributed by atoms with Crippen LogP contribution in [0.25, 0.3) is 11.1 Å². The Labute approximate surface area is 194 Å². The molecule has 0 saturated carbocycles. The molecule has 33 heavy (non-hydrogen) atoms. The van der Waals surface area contributed by atoms with E-state index in [1.807, 2.05) is 32.0 Å². The van der Waals surface area contributed by atoms with E-state index in [0.717, 1.165) is 17.8 Å². The molecule has 0 aliphatic carbocycles. The van der Waals surface area contributed by atoms with Crippen LogP contribution in [0.3, 0.4) is 0 Å². The highest BCUT2D eigenvalue weighted by atomic mass is 32.2. The van der Waals surface area contributed by atoms with Crippen molar-refractivity contribution in [1.82, 2.24) is 4.98 Å². The Morgan fingerprint density at radius 2 is 1.91 bits per heavy atom. The van der Waals surface area contributed by atoms with Crippen molar-refractivity contribution < 1.29 is 27.4 Å². The van der Waals surface area contributed by atoms with E-state index in [1.165, 1.54) is 6.07 Å². The van der Waals surface area contributed by atoms with E-state index in [1.54, 1.807) is 24.4 Å². The minimum Gasteiger partial charge on any atom is -0.493 e. The monoisotopic (exact) mass is 480 g/mol. The van der Waals surface area contributed by atoms with E-state index in [0.29, 0.717) is 23.3 Å². The van der Waals surface area contributed by atoms with Crippen LogP contribution in [0.5, 0.6) is 5.75 Å². The largest absolute Gasteiger partial charge is 0.493 e. The van der Waals surface area contributed by atoms with Gasteiger partial charge in [-0.15, -0.1) is 0 Å². The summed E-state index contributed by atoms with van der Waals surface area (Å²) in [6.07, 6.45) is 1.44. The Morgan fingerprint density at radius 3 is 2.61 bits per heavy atom. The number of hydrogen-bond donors (Lipinski definition) is 2. The average molecular weight is 481 g/mol. The lowest BCUT2D eigenvalue weighted by atomic mass is 9.88. The molecule has 4 rings (SSSR count). The molecule has 1 aliphatic rings. The van der Waals surface area contributed by atoms with Crippen molar-refractivity contribution in [2.75, 3.05) is 11.3 Å². The standard InChI is InChI=1S/C22H18F4N2O2S.C2H6/c23-15-5-7-19(28-31-22(24,25)26)18(11-15)13-4-6-17-20(10-13)30-12-14(21(17)29)9-16-3-1-2-8-27-16;1-2/h1-8,10-11,14,21,28-29H,9,12H2;1-2H3. The first-order valence-corrected chi connectivity index (χ1v) is 11.3. The number of nitrogens with zero attached hydrogens (tertiary/aromatic N) is 1. The van der Waals surface area contributed by atoms with Crippen LogP contribution in [0.2, 0.25) is 0 Å². The van der Waals surface area contributed by atoms with E-state index in [-0.39, 0.29) is 23.8 Å². The van der Waals surface area contributed by atoms with Crippen LogP contribution in [0, 0.1) is 11.7 Å². The van der Waals surface area contributed by atoms with Gasteiger partial charge in [0.2, 0.25) is 0 Å². The molecule has 1 aromatic heterocycles. The number of anilines is 1. The highest BCUT2D eigenvalue weighted by molar-refractivity contribution is 8.01. The number of nitrogens with one attached hydrogen (secondary N) is 1. The molecular weight excluding hydrogens is 456 g/mol. The summed E-state index contributed by atoms with van der Waals surface area (Å²) >= 11 is -0.418. The van der Waals surface area contributed by atoms with E-state index < -0.39 is 29.4 Å². The number of aliphatic hydroxyl groups excluding tert-OH is 1. The van der Waals surface area contributed by atoms with Crippen LogP contribution in [-0.2, 0) is 6.42 Å². The lowest BCUT2D eigenvalue weighted by Gasteiger charge is -2.30. The van der Waals surface area contributed by atoms with E-state index in [9.17, 15) is 22.7 Å². The number of benzene rings is 2. The first-order chi connectivity index (χ1) is 15.8. The summed E-state index contributed by atoms with van der Waals surface area (Å²) in [6, 6.07) is 14.0. The fraction of sp³-hybridized carbons (Fsp3) is 0.292. The zero-order valence-corrected chi connectivity index (χ0v) is 18.9. The molecular formula is C24H24F4N2O2S. The fourth-order valence-electron chi connectivity index (χ4n) is 3.53. The fourth-order valence-corrected chi connectivity index (χ4v) is 3.93. The summed E-state index contributed by atoms with van der Waals surface area (Å²) in [4.78, 5) is 4.28. The van der Waals surface area contributed by atoms with Crippen molar-refractivity contribution in [2.24, 2.45) is 5.92 Å². The van der Waals surface area contributed by atoms with Gasteiger partial charge in [-0.25, -0.2) is 4.39 Å². The van der Waals surface area contributed by atoms with Gasteiger partial charge < -0.3 is 14.6 Å². The molecule has 4 nitrogen and oxygen atoms in total. The molecule has 2 atom stereocenters. The molecule has 0 amide bonds. The molecule has 2 unspecified atom stereocenters. The molecule has 2 N–H and O–H groups in total. The number of hydrogen-bond acceptors (Lipinski definition) is 5. The van der Waals surface area contributed by atoms with E-state index >= 15 is 0 Å². The summed E-state index contributed by atoms with van der Waals surface area (Å²) in [7, 11) is 0. The highest BCUT2D eigenvalue weighted by Gasteiger charge is 2.31. The molecule has 9 heteroatoms. The molecule has 176 valence electrons. The summed E-state index contributed by atoms with van der Waals surface area (Å²) < 4.78 is 59.7. The topological polar surface area (TPSA) is 54.4 Å². The van der Waals surface area contributed by atoms with Crippen molar-refractivity contribution in [3.8, 4) is 16.9 Å². The third-order valence-corrected chi connectivity index (χ3v) is 5.55. The number of pyridine rings is 1. The number of rotatable bonds is 5. The van der Waals surface area contributed by atoms with Crippen molar-refractivity contribution in [1.29, 1.82) is 0 Å². The number of ether oxygens (including phenoxy) is 1. The van der Waals surface area contributed by atoms with E-state index in [4.69, 9.17) is 4.74 Å². The van der Waals surface area contributed by atoms with Gasteiger partial charge in [0.25, 0.3) is 0 Å². The van der Waals surface area contributed by atoms with Crippen LogP contribution in [-0.4, -0.2) is 22.2 Å². The second kappa shape index (κ2) is 10.9. The van der Waals surface area contributed by atoms with Crippen molar-refractivity contribution in [2.45, 2.75) is 31.9 Å². The molecule has 0 spiro atoms. The molecule has 0 radical (unpaired) electrons. The van der Waals surface area contributed by atoms with Gasteiger partial charge in [-0.05, 0) is 48.4 Å². The molecule has 0 bridgehead atoms. The summed E-state index contributed by atoms with van der Waals surface area (Å²) in [5, 5.41) is 10.8. The van der Waals surface area contributed by atoms with Gasteiger partial charge in [0, 0.05) is 28.9 Å². The number of halogens is 4. The lowest BCUT2D eigenvalue weighted by Crippen LogP contribution is -2.28. The molecule has 0 saturated heterocycles. The molecule has 3 aromatic rings. The average Bonchev–Trinajstić information content (AvgIpc) is 2.81. The predicted octanol–water partition coefficient (Wildman–Crippen LogP) is 6.78. The maximum atomic E-state index is 13.8. The Kier molecular flexibility index (Phi) is 8.20. The van der Waals surface area contributed by atoms with Crippen LogP contribution in [0.15, 0.2) is 60.8 Å². The van der Waals surface area contributed by atoms with Gasteiger partial charge in [-0.2, -0.15) is 13.2 Å². The summed E-state index contributed by atoms with van der Waals surface area (Å²) in [5.41, 5.74) is -2.23. The number of aromatic nitrogens is 1. The molecule has 2 aromatic carbocycles. The van der Waals surface area contributed by atoms with Gasteiger partial charge in [-0.1, -0.05) is 32.0 Å². The molecule has 2 heterocycles. The quantitative estimate of drug-likeness (QED) is 0.312. The summed E-state index contributed by atoms with van der Waals surface area (Å²) in [6.45, 7) is 4.26. The number of alkyl halides is 3. The third-order valence-electron chi connectivity index (χ3n) is 5.00. The minimum atomic E-state index is -4.49. The van der Waals surface area contributed by atoms with Crippen molar-refractivity contribution >= 4 is 17.6 Å². The SMILES string of the molecule is CC.OC1c2ccc(-c3cc(F)ccc3NSC(F)(F)F)cc2OCC1Cc1ccccn1. The Balaban J connectivity index is 0.00000149. The second-order valence-electron chi connectivity index (χ2n) is 7.13. The van der Waals surface area contributed by atoms with Crippen LogP contribution in [0.4, 0.5) is 23.2 Å². The number of fused-ring (bicyclic) bond motifs is 1. The maximum Gasteiger partial charge on any atom is 0.461 e. The number of aliphatic hydroxyl groups is 1. The summed E-state index contributed by atoms with van der Waals surface area (Å²) in [5.74, 6) is -0.351. The molecule has 0 fully saturated rings. The van der Waals surface area contributed by atoms with Gasteiger partial charge >= 0.3 is 5.51 Å². The van der Waals surface area contributed by atoms with Gasteiger partial charge in [0.15, 0.2) is 0 Å². The Hall–Kier alpha value is -2.78. The smallest absolute Gasteiger partial charge is 0.461 e. The Bertz CT molecular complexity index is 1060. The van der Waals surface area contributed by atoms with Gasteiger partial charge in [0.1, 0.15) is 11.6 Å². The van der Waals surface area contributed by atoms with Crippen LogP contribution >= 0.6 is 11.9 Å². The van der Waals surface area contributed by atoms with E-state index in [2.05, 4.69) is 9.71 Å². The Morgan fingerprint density at radius 1 is 1.12 bits per heavy atom. The molecule has 1 aliphatic heterocycles. The van der Waals surface area contributed by atoms with Gasteiger partial charge in [0.05, 0.1) is 30.3 Å². The zero-order valence-electron chi connectivity index (χ0n) is 18.1. The van der Waals surface area contributed by atoms with Crippen LogP contribution in [0.1, 0.15) is 31.2 Å².